The van der Waals surface area contributed by atoms with Crippen LogP contribution in [0.15, 0.2) is 24.3 Å². The Balaban J connectivity index is 1.87. The molecular weight excluding hydrogens is 266 g/mol. The van der Waals surface area contributed by atoms with Crippen LogP contribution >= 0.6 is 11.3 Å². The highest BCUT2D eigenvalue weighted by atomic mass is 32.1. The molecule has 2 heterocycles. The van der Waals surface area contributed by atoms with Crippen LogP contribution in [0.2, 0.25) is 0 Å². The van der Waals surface area contributed by atoms with Crippen LogP contribution in [-0.4, -0.2) is 18.1 Å². The summed E-state index contributed by atoms with van der Waals surface area (Å²) >= 11 is 1.83. The minimum absolute atomic E-state index is 0.125. The fraction of sp³-hybridized carbons (Fsp3) is 0.500. The number of hydrogen-bond donors (Lipinski definition) is 1. The maximum atomic E-state index is 9.06. The third kappa shape index (κ3) is 2.70. The summed E-state index contributed by atoms with van der Waals surface area (Å²) in [7, 11) is 0. The van der Waals surface area contributed by atoms with Gasteiger partial charge in [0.25, 0.3) is 0 Å². The molecule has 104 valence electrons. The van der Waals surface area contributed by atoms with Crippen molar-refractivity contribution in [3.63, 3.8) is 0 Å². The first-order chi connectivity index (χ1) is 9.78. The van der Waals surface area contributed by atoms with Crippen molar-refractivity contribution in [2.75, 3.05) is 13.1 Å². The van der Waals surface area contributed by atoms with E-state index in [1.165, 1.54) is 35.5 Å². The summed E-state index contributed by atoms with van der Waals surface area (Å²) in [5, 5.41) is 10.3. The van der Waals surface area contributed by atoms with Crippen LogP contribution in [0.1, 0.15) is 37.2 Å². The van der Waals surface area contributed by atoms with E-state index in [-0.39, 0.29) is 5.92 Å². The summed E-state index contributed by atoms with van der Waals surface area (Å²) in [5.74, 6) is 0.125. The number of benzene rings is 1. The fourth-order valence-corrected chi connectivity index (χ4v) is 4.26. The van der Waals surface area contributed by atoms with E-state index in [1.54, 1.807) is 4.90 Å². The van der Waals surface area contributed by atoms with Crippen LogP contribution in [0, 0.1) is 17.2 Å². The van der Waals surface area contributed by atoms with Crippen LogP contribution < -0.4 is 4.90 Å². The Labute approximate surface area is 123 Å². The highest BCUT2D eigenvalue weighted by Gasteiger charge is 2.31. The second-order valence-corrected chi connectivity index (χ2v) is 6.77. The second-order valence-electron chi connectivity index (χ2n) is 5.71. The number of hydrogen-bond acceptors (Lipinski definition) is 3. The topological polar surface area (TPSA) is 41.1 Å². The van der Waals surface area contributed by atoms with Gasteiger partial charge in [-0.15, -0.1) is 11.3 Å². The van der Waals surface area contributed by atoms with Gasteiger partial charge in [-0.3, -0.25) is 0 Å². The zero-order valence-electron chi connectivity index (χ0n) is 11.8. The predicted octanol–water partition coefficient (Wildman–Crippen LogP) is 2.57. The second kappa shape index (κ2) is 5.90. The molecule has 3 rings (SSSR count). The zero-order chi connectivity index (χ0) is 13.9. The van der Waals surface area contributed by atoms with Gasteiger partial charge in [0.1, 0.15) is 6.04 Å². The Bertz CT molecular complexity index is 595. The predicted molar refractivity (Wildman–Crippen MR) is 81.7 cm³/mol. The van der Waals surface area contributed by atoms with Crippen LogP contribution in [-0.2, 0) is 0 Å². The lowest BCUT2D eigenvalue weighted by molar-refractivity contribution is -0.939. The first-order valence-electron chi connectivity index (χ1n) is 7.37. The molecule has 3 nitrogen and oxygen atoms in total. The molecule has 2 aromatic rings. The summed E-state index contributed by atoms with van der Waals surface area (Å²) < 4.78 is 1.28. The van der Waals surface area contributed by atoms with Crippen molar-refractivity contribution in [1.29, 1.82) is 5.26 Å². The summed E-state index contributed by atoms with van der Waals surface area (Å²) in [4.78, 5) is 6.38. The van der Waals surface area contributed by atoms with Crippen molar-refractivity contribution in [3.8, 4) is 6.07 Å². The minimum atomic E-state index is 0.125. The van der Waals surface area contributed by atoms with Gasteiger partial charge in [0, 0.05) is 6.42 Å². The van der Waals surface area contributed by atoms with Gasteiger partial charge in [-0.2, -0.15) is 5.26 Å². The van der Waals surface area contributed by atoms with Gasteiger partial charge in [-0.25, -0.2) is 4.98 Å². The number of nitriles is 1. The Morgan fingerprint density at radius 1 is 1.45 bits per heavy atom. The first kappa shape index (κ1) is 13.5. The molecule has 0 aliphatic carbocycles. The maximum Gasteiger partial charge on any atom is 0.151 e. The molecule has 0 spiro atoms. The fourth-order valence-electron chi connectivity index (χ4n) is 3.10. The first-order valence-corrected chi connectivity index (χ1v) is 8.19. The molecule has 4 heteroatoms. The molecule has 1 N–H and O–H groups in total. The van der Waals surface area contributed by atoms with Gasteiger partial charge in [-0.05, 0) is 31.9 Å². The molecule has 1 aromatic carbocycles. The molecule has 0 radical (unpaired) electrons. The van der Waals surface area contributed by atoms with E-state index in [9.17, 15) is 0 Å². The number of rotatable bonds is 3. The minimum Gasteiger partial charge on any atom is -0.326 e. The summed E-state index contributed by atoms with van der Waals surface area (Å²) in [6.45, 7) is 4.14. The van der Waals surface area contributed by atoms with Crippen LogP contribution in [0.25, 0.3) is 10.2 Å². The molecule has 1 aromatic heterocycles. The zero-order valence-corrected chi connectivity index (χ0v) is 12.6. The van der Waals surface area contributed by atoms with Crippen molar-refractivity contribution < 1.29 is 4.90 Å². The molecular formula is C16H20N3S+. The molecule has 1 fully saturated rings. The maximum absolute atomic E-state index is 9.06. The molecule has 0 bridgehead atoms. The average molecular weight is 286 g/mol. The van der Waals surface area contributed by atoms with E-state index in [2.05, 4.69) is 30.3 Å². The van der Waals surface area contributed by atoms with Crippen molar-refractivity contribution in [2.24, 2.45) is 5.92 Å². The quantitative estimate of drug-likeness (QED) is 0.942. The van der Waals surface area contributed by atoms with E-state index in [0.29, 0.717) is 6.04 Å². The smallest absolute Gasteiger partial charge is 0.151 e. The normalized spacial score (nSPS) is 24.4. The SMILES string of the molecule is C[C@H](C#N)C[NH+]1CCCC[C@@H]1c1nc2ccccc2s1. The van der Waals surface area contributed by atoms with Crippen molar-refractivity contribution in [2.45, 2.75) is 32.2 Å². The van der Waals surface area contributed by atoms with Gasteiger partial charge in [0.05, 0.1) is 35.3 Å². The monoisotopic (exact) mass is 286 g/mol. The van der Waals surface area contributed by atoms with Gasteiger partial charge in [-0.1, -0.05) is 12.1 Å². The Kier molecular flexibility index (Phi) is 4.00. The lowest BCUT2D eigenvalue weighted by atomic mass is 10.0. The summed E-state index contributed by atoms with van der Waals surface area (Å²) in [5.41, 5.74) is 1.12. The highest BCUT2D eigenvalue weighted by Crippen LogP contribution is 2.28. The van der Waals surface area contributed by atoms with E-state index in [0.717, 1.165) is 12.1 Å². The molecule has 0 amide bonds. The molecule has 1 unspecified atom stereocenters. The lowest BCUT2D eigenvalue weighted by Crippen LogP contribution is -3.13. The molecule has 1 aliphatic rings. The van der Waals surface area contributed by atoms with E-state index in [4.69, 9.17) is 10.2 Å². The third-order valence-corrected chi connectivity index (χ3v) is 5.28. The third-order valence-electron chi connectivity index (χ3n) is 4.13. The van der Waals surface area contributed by atoms with Crippen LogP contribution in [0.5, 0.6) is 0 Å². The number of thiazole rings is 1. The number of para-hydroxylation sites is 1. The lowest BCUT2D eigenvalue weighted by Gasteiger charge is -2.31. The van der Waals surface area contributed by atoms with Crippen molar-refractivity contribution in [3.05, 3.63) is 29.3 Å². The Hall–Kier alpha value is -1.44. The van der Waals surface area contributed by atoms with Gasteiger partial charge in [0.2, 0.25) is 0 Å². The van der Waals surface area contributed by atoms with Crippen molar-refractivity contribution >= 4 is 21.6 Å². The Morgan fingerprint density at radius 3 is 3.10 bits per heavy atom. The molecule has 20 heavy (non-hydrogen) atoms. The number of likely N-dealkylation sites (tertiary alicyclic amines) is 1. The summed E-state index contributed by atoms with van der Waals surface area (Å²) in [6.07, 6.45) is 3.76. The number of aromatic nitrogens is 1. The summed E-state index contributed by atoms with van der Waals surface area (Å²) in [6, 6.07) is 11.2. The van der Waals surface area contributed by atoms with Gasteiger partial charge < -0.3 is 4.90 Å². The number of fused-ring (bicyclic) bond motifs is 1. The van der Waals surface area contributed by atoms with E-state index < -0.39 is 0 Å². The highest BCUT2D eigenvalue weighted by molar-refractivity contribution is 7.18. The number of piperidine rings is 1. The number of nitrogens with zero attached hydrogens (tertiary/aromatic N) is 2. The standard InChI is InChI=1S/C16H19N3S/c1-12(10-17)11-19-9-5-4-7-14(19)16-18-13-6-2-3-8-15(13)20-16/h2-3,6,8,12,14H,4-5,7,9,11H2,1H3/p+1/t12-,14-/m1/s1. The molecule has 3 atom stereocenters. The molecule has 0 saturated carbocycles. The largest absolute Gasteiger partial charge is 0.326 e. The van der Waals surface area contributed by atoms with Gasteiger partial charge in [0.15, 0.2) is 5.01 Å². The van der Waals surface area contributed by atoms with Crippen LogP contribution in [0.4, 0.5) is 0 Å². The molecule has 1 saturated heterocycles. The van der Waals surface area contributed by atoms with Crippen molar-refractivity contribution in [1.82, 2.24) is 4.98 Å². The Morgan fingerprint density at radius 2 is 2.30 bits per heavy atom. The van der Waals surface area contributed by atoms with E-state index >= 15 is 0 Å². The number of quaternary nitrogens is 1. The molecule has 1 aliphatic heterocycles. The van der Waals surface area contributed by atoms with Crippen LogP contribution in [0.3, 0.4) is 0 Å². The average Bonchev–Trinajstić information content (AvgIpc) is 2.91. The number of nitrogens with one attached hydrogen (secondary N) is 1. The van der Waals surface area contributed by atoms with Gasteiger partial charge >= 0.3 is 0 Å². The van der Waals surface area contributed by atoms with E-state index in [1.807, 2.05) is 18.3 Å².